The Balaban J connectivity index is 1.86. The number of ether oxygens (including phenoxy) is 2. The molecule has 3 aromatic carbocycles. The highest BCUT2D eigenvalue weighted by atomic mass is 19.4. The van der Waals surface area contributed by atoms with Crippen molar-refractivity contribution in [2.24, 2.45) is 5.92 Å². The van der Waals surface area contributed by atoms with Crippen molar-refractivity contribution >= 4 is 5.97 Å². The predicted octanol–water partition coefficient (Wildman–Crippen LogP) is 6.30. The molecule has 0 spiro atoms. The van der Waals surface area contributed by atoms with Crippen molar-refractivity contribution in [1.82, 2.24) is 0 Å². The zero-order valence-electron chi connectivity index (χ0n) is 18.8. The van der Waals surface area contributed by atoms with E-state index in [2.05, 4.69) is 0 Å². The first-order chi connectivity index (χ1) is 16.1. The second-order valence-corrected chi connectivity index (χ2v) is 8.63. The Morgan fingerprint density at radius 2 is 1.68 bits per heavy atom. The molecule has 3 aromatic rings. The molecule has 3 atom stereocenters. The normalized spacial score (nSPS) is 19.9. The van der Waals surface area contributed by atoms with E-state index in [9.17, 15) is 23.1 Å². The fraction of sp³-hybridized carbons (Fsp3) is 0.296. The summed E-state index contributed by atoms with van der Waals surface area (Å²) in [5.41, 5.74) is 0.557. The molecule has 7 heteroatoms. The van der Waals surface area contributed by atoms with Gasteiger partial charge in [-0.3, -0.25) is 0 Å². The van der Waals surface area contributed by atoms with Gasteiger partial charge >= 0.3 is 12.1 Å². The number of hydrogen-bond acceptors (Lipinski definition) is 4. The summed E-state index contributed by atoms with van der Waals surface area (Å²) in [5.74, 6) is -1.02. The van der Waals surface area contributed by atoms with E-state index in [1.165, 1.54) is 0 Å². The Kier molecular flexibility index (Phi) is 6.66. The molecule has 1 unspecified atom stereocenters. The van der Waals surface area contributed by atoms with Crippen LogP contribution in [0.3, 0.4) is 0 Å². The van der Waals surface area contributed by atoms with Gasteiger partial charge < -0.3 is 14.6 Å². The molecule has 178 valence electrons. The first-order valence-corrected chi connectivity index (χ1v) is 11.0. The molecule has 0 radical (unpaired) electrons. The highest BCUT2D eigenvalue weighted by molar-refractivity contribution is 5.91. The molecule has 34 heavy (non-hydrogen) atoms. The summed E-state index contributed by atoms with van der Waals surface area (Å²) in [4.78, 5) is 12.9. The first kappa shape index (κ1) is 23.8. The Morgan fingerprint density at radius 1 is 1.00 bits per heavy atom. The fourth-order valence-electron chi connectivity index (χ4n) is 4.29. The second-order valence-electron chi connectivity index (χ2n) is 8.63. The molecule has 0 saturated carbocycles. The van der Waals surface area contributed by atoms with E-state index in [4.69, 9.17) is 9.47 Å². The van der Waals surface area contributed by atoms with E-state index in [0.29, 0.717) is 17.7 Å². The predicted molar refractivity (Wildman–Crippen MR) is 120 cm³/mol. The van der Waals surface area contributed by atoms with Crippen LogP contribution < -0.4 is 4.74 Å². The molecule has 1 heterocycles. The third-order valence-electron chi connectivity index (χ3n) is 5.85. The topological polar surface area (TPSA) is 55.8 Å². The van der Waals surface area contributed by atoms with Gasteiger partial charge in [0.05, 0.1) is 23.3 Å². The van der Waals surface area contributed by atoms with Crippen LogP contribution in [0.1, 0.15) is 58.7 Å². The van der Waals surface area contributed by atoms with Crippen LogP contribution in [0.2, 0.25) is 0 Å². The molecule has 0 saturated heterocycles. The molecule has 1 aliphatic heterocycles. The van der Waals surface area contributed by atoms with Gasteiger partial charge in [-0.2, -0.15) is 13.2 Å². The van der Waals surface area contributed by atoms with Gasteiger partial charge in [-0.15, -0.1) is 0 Å². The number of aliphatic hydroxyl groups is 1. The van der Waals surface area contributed by atoms with Crippen LogP contribution in [0.5, 0.6) is 5.75 Å². The number of fused-ring (bicyclic) bond motifs is 1. The summed E-state index contributed by atoms with van der Waals surface area (Å²) >= 11 is 0. The number of carbonyl (C=O) groups is 1. The standard InChI is InChI=1S/C27H25F3O4/c1-16(2)33-26(32)19-13-12-18(27(28,29)30)15-21(19)25-22(14-17-8-4-3-5-9-17)24(31)20-10-6-7-11-23(20)34-25/h3-13,15-16,22,24-25,31H,14H2,1-2H3/t22-,24-,25?/m0/s1. The summed E-state index contributed by atoms with van der Waals surface area (Å²) in [6.45, 7) is 3.33. The van der Waals surface area contributed by atoms with E-state index < -0.39 is 41.9 Å². The van der Waals surface area contributed by atoms with Crippen molar-refractivity contribution in [2.75, 3.05) is 0 Å². The van der Waals surface area contributed by atoms with E-state index in [1.54, 1.807) is 38.1 Å². The number of carbonyl (C=O) groups excluding carboxylic acids is 1. The molecule has 1 aliphatic rings. The van der Waals surface area contributed by atoms with Gasteiger partial charge in [-0.25, -0.2) is 4.79 Å². The second kappa shape index (κ2) is 9.50. The van der Waals surface area contributed by atoms with Crippen molar-refractivity contribution < 1.29 is 32.5 Å². The molecular weight excluding hydrogens is 445 g/mol. The quantitative estimate of drug-likeness (QED) is 0.445. The van der Waals surface area contributed by atoms with E-state index in [-0.39, 0.29) is 11.1 Å². The van der Waals surface area contributed by atoms with Crippen LogP contribution in [0.25, 0.3) is 0 Å². The van der Waals surface area contributed by atoms with E-state index in [0.717, 1.165) is 23.8 Å². The van der Waals surface area contributed by atoms with Gasteiger partial charge in [-0.05, 0) is 50.1 Å². The minimum atomic E-state index is -4.62. The van der Waals surface area contributed by atoms with Gasteiger partial charge in [0.2, 0.25) is 0 Å². The maximum absolute atomic E-state index is 13.6. The lowest BCUT2D eigenvalue weighted by molar-refractivity contribution is -0.137. The van der Waals surface area contributed by atoms with Crippen molar-refractivity contribution in [3.63, 3.8) is 0 Å². The number of para-hydroxylation sites is 1. The lowest BCUT2D eigenvalue weighted by Gasteiger charge is -2.38. The van der Waals surface area contributed by atoms with Crippen LogP contribution >= 0.6 is 0 Å². The highest BCUT2D eigenvalue weighted by Crippen LogP contribution is 2.47. The number of benzene rings is 3. The number of halogens is 3. The lowest BCUT2D eigenvalue weighted by Crippen LogP contribution is -2.33. The van der Waals surface area contributed by atoms with Crippen LogP contribution in [0.15, 0.2) is 72.8 Å². The summed E-state index contributed by atoms with van der Waals surface area (Å²) < 4.78 is 52.4. The molecule has 0 aromatic heterocycles. The molecule has 0 bridgehead atoms. The fourth-order valence-corrected chi connectivity index (χ4v) is 4.29. The number of hydrogen-bond donors (Lipinski definition) is 1. The number of esters is 1. The number of alkyl halides is 3. The van der Waals surface area contributed by atoms with Crippen LogP contribution in [0.4, 0.5) is 13.2 Å². The largest absolute Gasteiger partial charge is 0.485 e. The Morgan fingerprint density at radius 3 is 2.35 bits per heavy atom. The molecular formula is C27H25F3O4. The highest BCUT2D eigenvalue weighted by Gasteiger charge is 2.41. The van der Waals surface area contributed by atoms with Crippen LogP contribution in [0, 0.1) is 5.92 Å². The van der Waals surface area contributed by atoms with Crippen LogP contribution in [-0.4, -0.2) is 17.2 Å². The molecule has 4 nitrogen and oxygen atoms in total. The van der Waals surface area contributed by atoms with E-state index in [1.807, 2.05) is 30.3 Å². The minimum absolute atomic E-state index is 0.0173. The van der Waals surface area contributed by atoms with Gasteiger partial charge in [-0.1, -0.05) is 48.5 Å². The average Bonchev–Trinajstić information content (AvgIpc) is 2.80. The number of rotatable bonds is 5. The van der Waals surface area contributed by atoms with Gasteiger partial charge in [0.25, 0.3) is 0 Å². The first-order valence-electron chi connectivity index (χ1n) is 11.0. The van der Waals surface area contributed by atoms with Crippen molar-refractivity contribution in [3.8, 4) is 5.75 Å². The van der Waals surface area contributed by atoms with Crippen molar-refractivity contribution in [2.45, 2.75) is 44.8 Å². The van der Waals surface area contributed by atoms with E-state index >= 15 is 0 Å². The molecule has 0 amide bonds. The Labute approximate surface area is 196 Å². The van der Waals surface area contributed by atoms with Gasteiger partial charge in [0.1, 0.15) is 11.9 Å². The Hall–Kier alpha value is -3.32. The smallest absolute Gasteiger partial charge is 0.416 e. The van der Waals surface area contributed by atoms with Crippen LogP contribution in [-0.2, 0) is 17.3 Å². The minimum Gasteiger partial charge on any atom is -0.485 e. The summed E-state index contributed by atoms with van der Waals surface area (Å²) in [7, 11) is 0. The molecule has 0 fully saturated rings. The zero-order valence-corrected chi connectivity index (χ0v) is 18.8. The molecule has 0 aliphatic carbocycles. The third kappa shape index (κ3) is 4.94. The maximum Gasteiger partial charge on any atom is 0.416 e. The maximum atomic E-state index is 13.6. The molecule has 4 rings (SSSR count). The van der Waals surface area contributed by atoms with Gasteiger partial charge in [0.15, 0.2) is 0 Å². The average molecular weight is 470 g/mol. The zero-order chi connectivity index (χ0) is 24.5. The monoisotopic (exact) mass is 470 g/mol. The van der Waals surface area contributed by atoms with Crippen molar-refractivity contribution in [3.05, 3.63) is 101 Å². The SMILES string of the molecule is CC(C)OC(=O)c1ccc(C(F)(F)F)cc1C1Oc2ccccc2[C@H](O)[C@@H]1Cc1ccccc1. The lowest BCUT2D eigenvalue weighted by atomic mass is 9.79. The number of aliphatic hydroxyl groups excluding tert-OH is 1. The molecule has 1 N–H and O–H groups in total. The summed E-state index contributed by atoms with van der Waals surface area (Å²) in [6.07, 6.45) is -6.77. The van der Waals surface area contributed by atoms with Gasteiger partial charge in [0, 0.05) is 17.0 Å². The van der Waals surface area contributed by atoms with Crippen molar-refractivity contribution in [1.29, 1.82) is 0 Å². The summed E-state index contributed by atoms with van der Waals surface area (Å²) in [6, 6.07) is 19.1. The third-order valence-corrected chi connectivity index (χ3v) is 5.85. The summed E-state index contributed by atoms with van der Waals surface area (Å²) in [5, 5.41) is 11.3. The Bertz CT molecular complexity index is 1160.